The molecule has 1 saturated heterocycles. The Morgan fingerprint density at radius 2 is 1.90 bits per heavy atom. The molecular weight excluding hydrogens is 298 g/mol. The molecule has 0 spiro atoms. The maximum Gasteiger partial charge on any atom is 0.186 e. The molecule has 1 aliphatic carbocycles. The molecule has 1 heterocycles. The van der Waals surface area contributed by atoms with E-state index >= 15 is 0 Å². The van der Waals surface area contributed by atoms with Crippen LogP contribution in [0.3, 0.4) is 0 Å². The van der Waals surface area contributed by atoms with Crippen LogP contribution in [0.15, 0.2) is 11.6 Å². The Morgan fingerprint density at radius 1 is 1.30 bits per heavy atom. The zero-order valence-electron chi connectivity index (χ0n) is 13.7. The highest BCUT2D eigenvalue weighted by Crippen LogP contribution is 2.41. The lowest BCUT2D eigenvalue weighted by atomic mass is 9.96. The molecule has 0 aromatic carbocycles. The number of thiocarbonyl (C=S) groups is 1. The van der Waals surface area contributed by atoms with Crippen LogP contribution in [0.25, 0.3) is 0 Å². The van der Waals surface area contributed by atoms with Crippen LogP contribution in [0.4, 0.5) is 0 Å². The van der Waals surface area contributed by atoms with Crippen molar-refractivity contribution in [3.8, 4) is 0 Å². The smallest absolute Gasteiger partial charge is 0.186 e. The molecule has 20 heavy (non-hydrogen) atoms. The van der Waals surface area contributed by atoms with E-state index in [9.17, 15) is 0 Å². The summed E-state index contributed by atoms with van der Waals surface area (Å²) in [6.45, 7) is 13.0. The van der Waals surface area contributed by atoms with Crippen molar-refractivity contribution in [1.82, 2.24) is 4.23 Å². The maximum atomic E-state index is 5.49. The van der Waals surface area contributed by atoms with Gasteiger partial charge in [-0.2, -0.15) is 0 Å². The van der Waals surface area contributed by atoms with Gasteiger partial charge in [0.1, 0.15) is 16.5 Å². The van der Waals surface area contributed by atoms with Crippen LogP contribution in [0.2, 0.25) is 38.3 Å². The van der Waals surface area contributed by atoms with Crippen LogP contribution in [0, 0.1) is 0 Å². The summed E-state index contributed by atoms with van der Waals surface area (Å²) in [5.74, 6) is 0. The molecule has 1 aliphatic heterocycles. The average Bonchev–Trinajstić information content (AvgIpc) is 2.59. The second kappa shape index (κ2) is 6.03. The van der Waals surface area contributed by atoms with Gasteiger partial charge in [-0.25, -0.2) is 0 Å². The van der Waals surface area contributed by atoms with Gasteiger partial charge in [0.25, 0.3) is 0 Å². The Kier molecular flexibility index (Phi) is 4.94. The van der Waals surface area contributed by atoms with E-state index < -0.39 is 16.5 Å². The fourth-order valence-corrected chi connectivity index (χ4v) is 19.5. The Bertz CT molecular complexity index is 404. The van der Waals surface area contributed by atoms with Crippen molar-refractivity contribution < 1.29 is 4.74 Å². The number of rotatable bonds is 3. The van der Waals surface area contributed by atoms with E-state index in [1.54, 1.807) is 0 Å². The van der Waals surface area contributed by atoms with Crippen molar-refractivity contribution in [2.75, 3.05) is 6.61 Å². The predicted octanol–water partition coefficient (Wildman–Crippen LogP) is 4.56. The summed E-state index contributed by atoms with van der Waals surface area (Å²) < 4.78 is 8.53. The zero-order chi connectivity index (χ0) is 15.0. The topological polar surface area (TPSA) is 12.5 Å². The van der Waals surface area contributed by atoms with E-state index in [1.165, 1.54) is 30.5 Å². The summed E-state index contributed by atoms with van der Waals surface area (Å²) in [5, 5.41) is 0.736. The van der Waals surface area contributed by atoms with Gasteiger partial charge in [-0.3, -0.25) is 0 Å². The van der Waals surface area contributed by atoms with Crippen LogP contribution in [-0.2, 0) is 4.74 Å². The Hall–Kier alpha value is 0.0238. The van der Waals surface area contributed by atoms with Gasteiger partial charge >= 0.3 is 0 Å². The quantitative estimate of drug-likeness (QED) is 0.557. The van der Waals surface area contributed by atoms with Crippen molar-refractivity contribution in [3.05, 3.63) is 11.6 Å². The highest BCUT2D eigenvalue weighted by atomic mass is 32.1. The van der Waals surface area contributed by atoms with Crippen LogP contribution in [0.5, 0.6) is 0 Å². The van der Waals surface area contributed by atoms with Crippen molar-refractivity contribution in [1.29, 1.82) is 0 Å². The van der Waals surface area contributed by atoms with E-state index in [-0.39, 0.29) is 0 Å². The van der Waals surface area contributed by atoms with E-state index in [0.29, 0.717) is 6.61 Å². The highest BCUT2D eigenvalue weighted by molar-refractivity contribution is 7.80. The summed E-state index contributed by atoms with van der Waals surface area (Å²) in [5.41, 5.74) is 1.27. The first-order valence-corrected chi connectivity index (χ1v) is 14.7. The number of ether oxygens (including phenoxy) is 1. The van der Waals surface area contributed by atoms with Crippen molar-refractivity contribution in [2.45, 2.75) is 70.5 Å². The molecule has 0 saturated carbocycles. The van der Waals surface area contributed by atoms with Gasteiger partial charge in [0, 0.05) is 11.6 Å². The first kappa shape index (κ1) is 16.4. The summed E-state index contributed by atoms with van der Waals surface area (Å²) in [6, 6.07) is 3.77. The molecule has 0 aromatic heterocycles. The molecule has 2 rings (SSSR count). The normalized spacial score (nSPS) is 29.1. The Labute approximate surface area is 131 Å². The Balaban J connectivity index is 2.08. The van der Waals surface area contributed by atoms with E-state index in [0.717, 1.165) is 17.5 Å². The lowest BCUT2D eigenvalue weighted by molar-refractivity contribution is 0.332. The molecule has 2 aliphatic rings. The van der Waals surface area contributed by atoms with Gasteiger partial charge in [0.05, 0.1) is 6.61 Å². The van der Waals surface area contributed by atoms with Gasteiger partial charge in [-0.1, -0.05) is 32.3 Å². The third kappa shape index (κ3) is 3.26. The summed E-state index contributed by atoms with van der Waals surface area (Å²) in [6.07, 6.45) is 5.91. The number of nitrogens with zero attached hydrogens (tertiary/aromatic N) is 1. The first-order chi connectivity index (χ1) is 9.28. The van der Waals surface area contributed by atoms with E-state index in [2.05, 4.69) is 36.5 Å². The fourth-order valence-electron chi connectivity index (χ4n) is 4.12. The minimum absolute atomic E-state index is 0.686. The lowest BCUT2D eigenvalue weighted by Crippen LogP contribution is -2.59. The minimum Gasteiger partial charge on any atom is -0.483 e. The molecular formula is C15H29NOSSi2. The van der Waals surface area contributed by atoms with Crippen LogP contribution in [0.1, 0.15) is 26.2 Å². The molecule has 0 bridgehead atoms. The molecule has 0 radical (unpaired) electrons. The van der Waals surface area contributed by atoms with Gasteiger partial charge in [0.2, 0.25) is 0 Å². The SMILES string of the molecule is CCOC(=S)C1=CCC(N2[Si](C)(C)CC[Si]2(C)C)CC1. The first-order valence-electron chi connectivity index (χ1n) is 7.93. The molecule has 2 nitrogen and oxygen atoms in total. The summed E-state index contributed by atoms with van der Waals surface area (Å²) >= 11 is 5.35. The summed E-state index contributed by atoms with van der Waals surface area (Å²) in [4.78, 5) is 0. The van der Waals surface area contributed by atoms with Crippen molar-refractivity contribution >= 4 is 33.7 Å². The molecule has 5 heteroatoms. The third-order valence-corrected chi connectivity index (χ3v) is 15.7. The molecule has 1 fully saturated rings. The van der Waals surface area contributed by atoms with Crippen LogP contribution < -0.4 is 0 Å². The van der Waals surface area contributed by atoms with Crippen molar-refractivity contribution in [2.24, 2.45) is 0 Å². The number of hydrogen-bond acceptors (Lipinski definition) is 3. The van der Waals surface area contributed by atoms with E-state index in [1.807, 2.05) is 6.92 Å². The van der Waals surface area contributed by atoms with Crippen LogP contribution >= 0.6 is 12.2 Å². The largest absolute Gasteiger partial charge is 0.483 e. The molecule has 0 amide bonds. The second-order valence-electron chi connectivity index (χ2n) is 7.37. The zero-order valence-corrected chi connectivity index (χ0v) is 16.5. The molecule has 1 atom stereocenters. The second-order valence-corrected chi connectivity index (χ2v) is 17.4. The maximum absolute atomic E-state index is 5.49. The predicted molar refractivity (Wildman–Crippen MR) is 96.4 cm³/mol. The van der Waals surface area contributed by atoms with Gasteiger partial charge in [-0.05, 0) is 50.5 Å². The van der Waals surface area contributed by atoms with Crippen molar-refractivity contribution in [3.63, 3.8) is 0 Å². The molecule has 0 N–H and O–H groups in total. The highest BCUT2D eigenvalue weighted by Gasteiger charge is 2.50. The monoisotopic (exact) mass is 327 g/mol. The lowest BCUT2D eigenvalue weighted by Gasteiger charge is -2.46. The molecule has 0 aromatic rings. The molecule has 1 unspecified atom stereocenters. The van der Waals surface area contributed by atoms with Crippen LogP contribution in [-0.4, -0.2) is 38.4 Å². The standard InChI is InChI=1S/C15H29NOSSi2/c1-6-17-15(18)13-7-9-14(10-8-13)16-19(2,3)11-12-20(16,4)5/h7,14H,6,8-12H2,1-5H3. The fraction of sp³-hybridized carbons (Fsp3) is 0.800. The Morgan fingerprint density at radius 3 is 2.35 bits per heavy atom. The van der Waals surface area contributed by atoms with E-state index in [4.69, 9.17) is 17.0 Å². The molecule has 114 valence electrons. The average molecular weight is 328 g/mol. The van der Waals surface area contributed by atoms with Gasteiger partial charge < -0.3 is 8.97 Å². The van der Waals surface area contributed by atoms with Gasteiger partial charge in [0.15, 0.2) is 5.05 Å². The summed E-state index contributed by atoms with van der Waals surface area (Å²) in [7, 11) is -2.31. The third-order valence-electron chi connectivity index (χ3n) is 4.94. The minimum atomic E-state index is -1.16. The van der Waals surface area contributed by atoms with Gasteiger partial charge in [-0.15, -0.1) is 0 Å². The number of hydrogen-bond donors (Lipinski definition) is 0.